The summed E-state index contributed by atoms with van der Waals surface area (Å²) in [5.41, 5.74) is 8.04. The third kappa shape index (κ3) is 2.87. The minimum atomic E-state index is 0.171. The van der Waals surface area contributed by atoms with E-state index in [-0.39, 0.29) is 6.61 Å². The highest BCUT2D eigenvalue weighted by Gasteiger charge is 1.94. The Kier molecular flexibility index (Phi) is 3.46. The van der Waals surface area contributed by atoms with Crippen LogP contribution >= 0.6 is 0 Å². The topological polar surface area (TPSA) is 59.1 Å². The molecule has 0 bridgehead atoms. The molecule has 1 aromatic heterocycles. The lowest BCUT2D eigenvalue weighted by molar-refractivity contribution is 0.303. The van der Waals surface area contributed by atoms with E-state index in [2.05, 4.69) is 4.98 Å². The van der Waals surface area contributed by atoms with Crippen LogP contribution in [0.3, 0.4) is 0 Å². The Morgan fingerprint density at radius 1 is 1.54 bits per heavy atom. The van der Waals surface area contributed by atoms with Gasteiger partial charge in [-0.2, -0.15) is 0 Å². The monoisotopic (exact) mass is 178 g/mol. The molecule has 0 fully saturated rings. The Morgan fingerprint density at radius 2 is 2.31 bits per heavy atom. The van der Waals surface area contributed by atoms with Crippen molar-refractivity contribution in [3.63, 3.8) is 0 Å². The van der Waals surface area contributed by atoms with Crippen LogP contribution in [-0.2, 0) is 0 Å². The lowest BCUT2D eigenvalue weighted by atomic mass is 10.2. The lowest BCUT2D eigenvalue weighted by Crippen LogP contribution is -1.93. The van der Waals surface area contributed by atoms with E-state index in [1.54, 1.807) is 0 Å². The molecule has 0 spiro atoms. The lowest BCUT2D eigenvalue weighted by Gasteiger charge is -1.99. The summed E-state index contributed by atoms with van der Waals surface area (Å²) >= 11 is 0. The molecule has 0 unspecified atom stereocenters. The molecule has 0 aliphatic carbocycles. The summed E-state index contributed by atoms with van der Waals surface area (Å²) in [6.07, 6.45) is 4.42. The van der Waals surface area contributed by atoms with Crippen molar-refractivity contribution >= 4 is 11.8 Å². The maximum Gasteiger partial charge on any atom is 0.0631 e. The van der Waals surface area contributed by atoms with E-state index in [1.807, 2.05) is 31.2 Å². The second-order valence-corrected chi connectivity index (χ2v) is 2.83. The van der Waals surface area contributed by atoms with Gasteiger partial charge in [0, 0.05) is 6.61 Å². The second-order valence-electron chi connectivity index (χ2n) is 2.83. The van der Waals surface area contributed by atoms with E-state index < -0.39 is 0 Å². The van der Waals surface area contributed by atoms with Gasteiger partial charge in [0.15, 0.2) is 0 Å². The molecular weight excluding hydrogens is 164 g/mol. The van der Waals surface area contributed by atoms with Crippen LogP contribution in [0.25, 0.3) is 6.08 Å². The first kappa shape index (κ1) is 9.74. The molecule has 1 heterocycles. The zero-order valence-electron chi connectivity index (χ0n) is 7.70. The Bertz CT molecular complexity index is 308. The number of pyridine rings is 1. The van der Waals surface area contributed by atoms with E-state index in [9.17, 15) is 0 Å². The molecule has 3 nitrogen and oxygen atoms in total. The van der Waals surface area contributed by atoms with E-state index >= 15 is 0 Å². The maximum atomic E-state index is 8.55. The van der Waals surface area contributed by atoms with Crippen molar-refractivity contribution in [2.75, 3.05) is 12.3 Å². The average molecular weight is 178 g/mol. The predicted octanol–water partition coefficient (Wildman–Crippen LogP) is 1.37. The molecular formula is C10H14N2O. The van der Waals surface area contributed by atoms with Gasteiger partial charge in [-0.1, -0.05) is 6.08 Å². The molecule has 3 N–H and O–H groups in total. The third-order valence-corrected chi connectivity index (χ3v) is 1.73. The predicted molar refractivity (Wildman–Crippen MR) is 54.1 cm³/mol. The van der Waals surface area contributed by atoms with Crippen LogP contribution in [0.1, 0.15) is 17.8 Å². The number of aliphatic hydroxyl groups is 1. The van der Waals surface area contributed by atoms with E-state index in [4.69, 9.17) is 10.8 Å². The number of hydrogen-bond acceptors (Lipinski definition) is 3. The first-order chi connectivity index (χ1) is 6.24. The third-order valence-electron chi connectivity index (χ3n) is 1.73. The highest BCUT2D eigenvalue weighted by molar-refractivity contribution is 5.51. The smallest absolute Gasteiger partial charge is 0.0631 e. The van der Waals surface area contributed by atoms with Crippen molar-refractivity contribution < 1.29 is 5.11 Å². The van der Waals surface area contributed by atoms with Crippen molar-refractivity contribution in [2.45, 2.75) is 13.3 Å². The van der Waals surface area contributed by atoms with Crippen molar-refractivity contribution in [2.24, 2.45) is 0 Å². The van der Waals surface area contributed by atoms with Crippen LogP contribution in [0.5, 0.6) is 0 Å². The molecule has 0 amide bonds. The van der Waals surface area contributed by atoms with Gasteiger partial charge in [-0.15, -0.1) is 0 Å². The summed E-state index contributed by atoms with van der Waals surface area (Å²) in [5.74, 6) is 0. The highest BCUT2D eigenvalue weighted by atomic mass is 16.2. The van der Waals surface area contributed by atoms with E-state index in [1.165, 1.54) is 0 Å². The standard InChI is InChI=1S/C10H14N2O/c1-8-10(11)6-5-9(12-8)4-2-3-7-13/h2,4-6,13H,3,7,11H2,1H3. The van der Waals surface area contributed by atoms with Crippen LogP contribution in [0.4, 0.5) is 5.69 Å². The average Bonchev–Trinajstić information content (AvgIpc) is 2.12. The van der Waals surface area contributed by atoms with Crippen molar-refractivity contribution in [3.8, 4) is 0 Å². The molecule has 1 aromatic rings. The molecule has 13 heavy (non-hydrogen) atoms. The van der Waals surface area contributed by atoms with Crippen LogP contribution in [0.15, 0.2) is 18.2 Å². The number of nitrogens with zero attached hydrogens (tertiary/aromatic N) is 1. The Hall–Kier alpha value is -1.35. The zero-order valence-corrected chi connectivity index (χ0v) is 7.70. The van der Waals surface area contributed by atoms with Crippen LogP contribution < -0.4 is 5.73 Å². The Morgan fingerprint density at radius 3 is 2.92 bits per heavy atom. The number of aliphatic hydroxyl groups excluding tert-OH is 1. The molecule has 0 aromatic carbocycles. The summed E-state index contributed by atoms with van der Waals surface area (Å²) in [4.78, 5) is 4.25. The minimum absolute atomic E-state index is 0.171. The fraction of sp³-hybridized carbons (Fsp3) is 0.300. The van der Waals surface area contributed by atoms with Crippen molar-refractivity contribution in [1.82, 2.24) is 4.98 Å². The maximum absolute atomic E-state index is 8.55. The van der Waals surface area contributed by atoms with Gasteiger partial charge >= 0.3 is 0 Å². The minimum Gasteiger partial charge on any atom is -0.397 e. The number of aromatic nitrogens is 1. The van der Waals surface area contributed by atoms with Crippen molar-refractivity contribution in [1.29, 1.82) is 0 Å². The van der Waals surface area contributed by atoms with Gasteiger partial charge in [-0.05, 0) is 31.6 Å². The fourth-order valence-electron chi connectivity index (χ4n) is 0.963. The van der Waals surface area contributed by atoms with Crippen molar-refractivity contribution in [3.05, 3.63) is 29.6 Å². The Balaban J connectivity index is 2.73. The second kappa shape index (κ2) is 4.62. The first-order valence-electron chi connectivity index (χ1n) is 4.24. The first-order valence-corrected chi connectivity index (χ1v) is 4.24. The van der Waals surface area contributed by atoms with Crippen LogP contribution in [0, 0.1) is 6.92 Å². The van der Waals surface area contributed by atoms with Gasteiger partial charge in [-0.25, -0.2) is 0 Å². The molecule has 70 valence electrons. The SMILES string of the molecule is Cc1nc(C=CCCO)ccc1N. The number of rotatable bonds is 3. The molecule has 1 rings (SSSR count). The van der Waals surface area contributed by atoms with Gasteiger partial charge in [0.1, 0.15) is 0 Å². The molecule has 0 saturated heterocycles. The quantitative estimate of drug-likeness (QED) is 0.734. The number of hydrogen-bond donors (Lipinski definition) is 2. The van der Waals surface area contributed by atoms with Gasteiger partial charge in [0.2, 0.25) is 0 Å². The van der Waals surface area contributed by atoms with Gasteiger partial charge in [0.25, 0.3) is 0 Å². The summed E-state index contributed by atoms with van der Waals surface area (Å²) in [6.45, 7) is 2.04. The Labute approximate surface area is 77.9 Å². The number of nitrogens with two attached hydrogens (primary N) is 1. The van der Waals surface area contributed by atoms with Gasteiger partial charge < -0.3 is 10.8 Å². The summed E-state index contributed by atoms with van der Waals surface area (Å²) in [7, 11) is 0. The largest absolute Gasteiger partial charge is 0.397 e. The van der Waals surface area contributed by atoms with Gasteiger partial charge in [0.05, 0.1) is 17.1 Å². The van der Waals surface area contributed by atoms with Crippen LogP contribution in [0.2, 0.25) is 0 Å². The number of anilines is 1. The molecule has 0 aliphatic heterocycles. The molecule has 0 aliphatic rings. The van der Waals surface area contributed by atoms with E-state index in [0.717, 1.165) is 11.4 Å². The molecule has 0 radical (unpaired) electrons. The number of aryl methyl sites for hydroxylation is 1. The number of nitrogen functional groups attached to an aromatic ring is 1. The normalized spacial score (nSPS) is 10.9. The summed E-state index contributed by atoms with van der Waals surface area (Å²) in [5, 5.41) is 8.55. The summed E-state index contributed by atoms with van der Waals surface area (Å²) in [6, 6.07) is 3.69. The fourth-order valence-corrected chi connectivity index (χ4v) is 0.963. The molecule has 0 atom stereocenters. The molecule has 0 saturated carbocycles. The van der Waals surface area contributed by atoms with E-state index in [0.29, 0.717) is 12.1 Å². The zero-order chi connectivity index (χ0) is 9.68. The summed E-state index contributed by atoms with van der Waals surface area (Å²) < 4.78 is 0. The van der Waals surface area contributed by atoms with Crippen LogP contribution in [-0.4, -0.2) is 16.7 Å². The molecule has 3 heteroatoms. The highest BCUT2D eigenvalue weighted by Crippen LogP contribution is 2.09. The van der Waals surface area contributed by atoms with Gasteiger partial charge in [-0.3, -0.25) is 4.98 Å².